The van der Waals surface area contributed by atoms with Gasteiger partial charge in [-0.15, -0.1) is 0 Å². The molecule has 0 amide bonds. The van der Waals surface area contributed by atoms with Crippen molar-refractivity contribution >= 4 is 5.97 Å². The number of aliphatic hydroxyl groups is 10. The topological polar surface area (TPSA) is 304 Å². The first-order chi connectivity index (χ1) is 21.1. The smallest absolute Gasteiger partial charge is 0.335 e. The minimum Gasteiger partial charge on any atom is -0.479 e. The zero-order valence-electron chi connectivity index (χ0n) is 24.6. The van der Waals surface area contributed by atoms with E-state index in [9.17, 15) is 61.0 Å². The second kappa shape index (κ2) is 14.9. The summed E-state index contributed by atoms with van der Waals surface area (Å²) >= 11 is 0. The van der Waals surface area contributed by atoms with Crippen LogP contribution < -0.4 is 0 Å². The SMILES string of the molecule is CC1O[C@@H](C)[C@@H](O)C(O)[C@H]1O[C@@H]1OC(CO)[C@H](O[C@H]2OC(C(=O)O)[C@@H](O[C@@H]3OC(CO)[C@H](O)[C@H](C)C3O)C(O)C2O)[C@H](O)C1O. The first kappa shape index (κ1) is 36.6. The second-order valence-corrected chi connectivity index (χ2v) is 11.8. The second-order valence-electron chi connectivity index (χ2n) is 11.8. The van der Waals surface area contributed by atoms with Gasteiger partial charge in [-0.2, -0.15) is 0 Å². The molecule has 20 atom stereocenters. The Labute approximate surface area is 257 Å². The predicted octanol–water partition coefficient (Wildman–Crippen LogP) is -6.28. The van der Waals surface area contributed by atoms with E-state index in [2.05, 4.69) is 0 Å². The lowest BCUT2D eigenvalue weighted by Crippen LogP contribution is -2.67. The van der Waals surface area contributed by atoms with Crippen molar-refractivity contribution in [2.24, 2.45) is 5.92 Å². The molecular weight excluding hydrogens is 616 g/mol. The van der Waals surface area contributed by atoms with Gasteiger partial charge < -0.3 is 89.3 Å². The Morgan fingerprint density at radius 1 is 0.533 bits per heavy atom. The third-order valence-corrected chi connectivity index (χ3v) is 8.77. The van der Waals surface area contributed by atoms with Gasteiger partial charge in [0.05, 0.1) is 31.5 Å². The lowest BCUT2D eigenvalue weighted by atomic mass is 9.90. The minimum absolute atomic E-state index is 0.673. The summed E-state index contributed by atoms with van der Waals surface area (Å²) in [7, 11) is 0. The van der Waals surface area contributed by atoms with Crippen molar-refractivity contribution in [2.75, 3.05) is 13.2 Å². The van der Waals surface area contributed by atoms with Gasteiger partial charge >= 0.3 is 5.97 Å². The first-order valence-electron chi connectivity index (χ1n) is 14.6. The maximum Gasteiger partial charge on any atom is 0.335 e. The Hall–Kier alpha value is -1.21. The molecule has 0 saturated carbocycles. The largest absolute Gasteiger partial charge is 0.479 e. The number of rotatable bonds is 9. The van der Waals surface area contributed by atoms with Crippen LogP contribution in [0.25, 0.3) is 0 Å². The monoisotopic (exact) mass is 660 g/mol. The summed E-state index contributed by atoms with van der Waals surface area (Å²) in [6, 6.07) is 0. The molecule has 262 valence electrons. The summed E-state index contributed by atoms with van der Waals surface area (Å²) in [5, 5.41) is 114. The molecule has 0 spiro atoms. The van der Waals surface area contributed by atoms with Crippen molar-refractivity contribution in [3.05, 3.63) is 0 Å². The lowest BCUT2D eigenvalue weighted by Gasteiger charge is -2.48. The van der Waals surface area contributed by atoms with Gasteiger partial charge in [0.1, 0.15) is 73.2 Å². The summed E-state index contributed by atoms with van der Waals surface area (Å²) < 4.78 is 38.5. The van der Waals surface area contributed by atoms with E-state index in [-0.39, 0.29) is 0 Å². The maximum atomic E-state index is 12.1. The van der Waals surface area contributed by atoms with E-state index in [1.807, 2.05) is 0 Å². The highest BCUT2D eigenvalue weighted by molar-refractivity contribution is 5.73. The molecule has 19 nitrogen and oxygen atoms in total. The van der Waals surface area contributed by atoms with Crippen LogP contribution >= 0.6 is 0 Å². The number of aliphatic hydroxyl groups excluding tert-OH is 10. The summed E-state index contributed by atoms with van der Waals surface area (Å²) in [6.45, 7) is 2.96. The number of ether oxygens (including phenoxy) is 7. The molecule has 4 saturated heterocycles. The van der Waals surface area contributed by atoms with E-state index >= 15 is 0 Å². The maximum absolute atomic E-state index is 12.1. The van der Waals surface area contributed by atoms with Crippen molar-refractivity contribution in [3.8, 4) is 0 Å². The van der Waals surface area contributed by atoms with E-state index in [1.54, 1.807) is 0 Å². The van der Waals surface area contributed by atoms with Crippen LogP contribution in [0.15, 0.2) is 0 Å². The van der Waals surface area contributed by atoms with Crippen LogP contribution in [-0.2, 0) is 38.0 Å². The third-order valence-electron chi connectivity index (χ3n) is 8.77. The van der Waals surface area contributed by atoms with Crippen LogP contribution in [0.4, 0.5) is 0 Å². The molecule has 0 aliphatic carbocycles. The average molecular weight is 661 g/mol. The molecule has 4 aliphatic rings. The molecule has 4 heterocycles. The minimum atomic E-state index is -2.08. The zero-order valence-corrected chi connectivity index (χ0v) is 24.6. The van der Waals surface area contributed by atoms with Crippen LogP contribution in [0.1, 0.15) is 20.8 Å². The fraction of sp³-hybridized carbons (Fsp3) is 0.962. The molecule has 9 unspecified atom stereocenters. The lowest BCUT2D eigenvalue weighted by molar-refractivity contribution is -0.379. The Kier molecular flexibility index (Phi) is 12.1. The van der Waals surface area contributed by atoms with Crippen LogP contribution in [0.5, 0.6) is 0 Å². The van der Waals surface area contributed by atoms with Crippen molar-refractivity contribution in [1.82, 2.24) is 0 Å². The summed E-state index contributed by atoms with van der Waals surface area (Å²) in [6.07, 6.45) is -30.1. The molecule has 0 radical (unpaired) electrons. The van der Waals surface area contributed by atoms with E-state index in [1.165, 1.54) is 20.8 Å². The standard InChI is InChI=1S/C26H44O19/c1-6-11(29)9(4-27)40-24(12(6)30)44-21-16(34)18(36)26(45-22(21)23(37)38)43-20-10(5-28)41-25(17(35)15(20)33)42-19-8(3)39-7(2)13(31)14(19)32/h6-22,24-36H,4-5H2,1-3H3,(H,37,38)/t6-,7-,8?,9?,10?,11+,12?,13+,14?,15+,16?,17?,18?,19-,20-,21-,22?,24-,25-,26-/m0/s1. The fourth-order valence-electron chi connectivity index (χ4n) is 5.92. The molecule has 0 aromatic heterocycles. The summed E-state index contributed by atoms with van der Waals surface area (Å²) in [4.78, 5) is 12.1. The average Bonchev–Trinajstić information content (AvgIpc) is 3.00. The zero-order chi connectivity index (χ0) is 33.5. The van der Waals surface area contributed by atoms with E-state index in [0.717, 1.165) is 0 Å². The Morgan fingerprint density at radius 3 is 1.58 bits per heavy atom. The number of carbonyl (C=O) groups is 1. The van der Waals surface area contributed by atoms with Crippen molar-refractivity contribution < 1.29 is 94.1 Å². The van der Waals surface area contributed by atoms with E-state index in [4.69, 9.17) is 33.2 Å². The molecule has 0 aromatic rings. The van der Waals surface area contributed by atoms with E-state index < -0.39 is 142 Å². The third kappa shape index (κ3) is 7.29. The van der Waals surface area contributed by atoms with Gasteiger partial charge in [-0.1, -0.05) is 6.92 Å². The number of aliphatic carboxylic acids is 1. The number of carboxylic acid groups (broad SMARTS) is 1. The molecule has 0 bridgehead atoms. The Bertz CT molecular complexity index is 971. The molecule has 0 aromatic carbocycles. The van der Waals surface area contributed by atoms with Gasteiger partial charge in [0, 0.05) is 5.92 Å². The highest BCUT2D eigenvalue weighted by Crippen LogP contribution is 2.35. The predicted molar refractivity (Wildman–Crippen MR) is 140 cm³/mol. The number of carboxylic acids is 1. The number of hydrogen-bond donors (Lipinski definition) is 11. The quantitative estimate of drug-likeness (QED) is 0.110. The molecule has 4 aliphatic heterocycles. The van der Waals surface area contributed by atoms with Crippen LogP contribution in [0.3, 0.4) is 0 Å². The van der Waals surface area contributed by atoms with Gasteiger partial charge in [-0.05, 0) is 13.8 Å². The Morgan fingerprint density at radius 2 is 1.00 bits per heavy atom. The van der Waals surface area contributed by atoms with Crippen LogP contribution in [-0.4, -0.2) is 192 Å². The molecular formula is C26H44O19. The number of hydrogen-bond acceptors (Lipinski definition) is 18. The van der Waals surface area contributed by atoms with Gasteiger partial charge in [-0.25, -0.2) is 4.79 Å². The van der Waals surface area contributed by atoms with Gasteiger partial charge in [0.15, 0.2) is 25.0 Å². The van der Waals surface area contributed by atoms with Gasteiger partial charge in [0.2, 0.25) is 0 Å². The highest BCUT2D eigenvalue weighted by Gasteiger charge is 2.55. The summed E-state index contributed by atoms with van der Waals surface area (Å²) in [5.41, 5.74) is 0. The first-order valence-corrected chi connectivity index (χ1v) is 14.6. The van der Waals surface area contributed by atoms with Crippen LogP contribution in [0, 0.1) is 5.92 Å². The van der Waals surface area contributed by atoms with Crippen molar-refractivity contribution in [3.63, 3.8) is 0 Å². The van der Waals surface area contributed by atoms with Crippen molar-refractivity contribution in [1.29, 1.82) is 0 Å². The molecule has 11 N–H and O–H groups in total. The molecule has 45 heavy (non-hydrogen) atoms. The Balaban J connectivity index is 1.46. The molecule has 19 heteroatoms. The van der Waals surface area contributed by atoms with Gasteiger partial charge in [-0.3, -0.25) is 0 Å². The van der Waals surface area contributed by atoms with E-state index in [0.29, 0.717) is 0 Å². The van der Waals surface area contributed by atoms with Crippen molar-refractivity contribution in [2.45, 2.75) is 137 Å². The summed E-state index contributed by atoms with van der Waals surface area (Å²) in [5.74, 6) is -2.61. The molecule has 4 fully saturated rings. The van der Waals surface area contributed by atoms with Crippen LogP contribution in [0.2, 0.25) is 0 Å². The fourth-order valence-corrected chi connectivity index (χ4v) is 5.92. The highest BCUT2D eigenvalue weighted by atomic mass is 16.8. The normalized spacial score (nSPS) is 52.8. The molecule has 4 rings (SSSR count). The van der Waals surface area contributed by atoms with Gasteiger partial charge in [0.25, 0.3) is 0 Å².